The molecule has 0 saturated carbocycles. The predicted molar refractivity (Wildman–Crippen MR) is 71.0 cm³/mol. The van der Waals surface area contributed by atoms with Gasteiger partial charge in [0, 0.05) is 0 Å². The number of thiazole rings is 1. The molecule has 0 fully saturated rings. The summed E-state index contributed by atoms with van der Waals surface area (Å²) in [6.07, 6.45) is 0.950. The van der Waals surface area contributed by atoms with Crippen molar-refractivity contribution in [1.29, 1.82) is 0 Å². The summed E-state index contributed by atoms with van der Waals surface area (Å²) in [7, 11) is 0. The average molecular weight is 249 g/mol. The van der Waals surface area contributed by atoms with Crippen LogP contribution >= 0.6 is 11.3 Å². The van der Waals surface area contributed by atoms with Gasteiger partial charge in [0.1, 0.15) is 5.82 Å². The molecule has 0 radical (unpaired) electrons. The summed E-state index contributed by atoms with van der Waals surface area (Å²) >= 11 is 1.71. The summed E-state index contributed by atoms with van der Waals surface area (Å²) < 4.78 is 12.9. The first kappa shape index (κ1) is 12.2. The van der Waals surface area contributed by atoms with Gasteiger partial charge in [0.15, 0.2) is 0 Å². The number of halogens is 1. The Balaban J connectivity index is 2.49. The second kappa shape index (κ2) is 4.96. The third-order valence-electron chi connectivity index (χ3n) is 2.65. The van der Waals surface area contributed by atoms with E-state index in [4.69, 9.17) is 0 Å². The van der Waals surface area contributed by atoms with Crippen LogP contribution in [0.3, 0.4) is 0 Å². The minimum Gasteiger partial charge on any atom is -0.245 e. The van der Waals surface area contributed by atoms with Crippen molar-refractivity contribution in [1.82, 2.24) is 4.98 Å². The van der Waals surface area contributed by atoms with E-state index in [1.54, 1.807) is 11.3 Å². The molecule has 0 aliphatic rings. The molecule has 0 N–H and O–H groups in total. The number of nitrogens with zero attached hydrogens (tertiary/aromatic N) is 1. The molecule has 0 amide bonds. The van der Waals surface area contributed by atoms with E-state index in [-0.39, 0.29) is 5.82 Å². The van der Waals surface area contributed by atoms with Gasteiger partial charge in [0.05, 0.1) is 15.6 Å². The van der Waals surface area contributed by atoms with Gasteiger partial charge in [-0.3, -0.25) is 0 Å². The van der Waals surface area contributed by atoms with Crippen molar-refractivity contribution in [2.75, 3.05) is 0 Å². The molecule has 1 nitrogen and oxygen atoms in total. The number of hydrogen-bond donors (Lipinski definition) is 0. The largest absolute Gasteiger partial charge is 0.245 e. The summed E-state index contributed by atoms with van der Waals surface area (Å²) in [6.45, 7) is 6.39. The quantitative estimate of drug-likeness (QED) is 0.772. The first-order valence-electron chi connectivity index (χ1n) is 5.87. The zero-order valence-corrected chi connectivity index (χ0v) is 11.1. The molecule has 90 valence electrons. The van der Waals surface area contributed by atoms with Crippen LogP contribution in [0.2, 0.25) is 0 Å². The summed E-state index contributed by atoms with van der Waals surface area (Å²) in [5, 5.41) is 1.15. The molecule has 0 spiro atoms. The standard InChI is InChI=1S/C14H16FNS/c1-4-12-16-13(9(2)3)14(17-12)10-5-7-11(15)8-6-10/h5-9H,4H2,1-3H3. The lowest BCUT2D eigenvalue weighted by atomic mass is 10.1. The smallest absolute Gasteiger partial charge is 0.123 e. The Morgan fingerprint density at radius 1 is 1.24 bits per heavy atom. The van der Waals surface area contributed by atoms with Crippen molar-refractivity contribution >= 4 is 11.3 Å². The lowest BCUT2D eigenvalue weighted by molar-refractivity contribution is 0.628. The van der Waals surface area contributed by atoms with E-state index in [2.05, 4.69) is 25.8 Å². The van der Waals surface area contributed by atoms with Crippen LogP contribution in [0.15, 0.2) is 24.3 Å². The van der Waals surface area contributed by atoms with Gasteiger partial charge < -0.3 is 0 Å². The average Bonchev–Trinajstić information content (AvgIpc) is 2.74. The van der Waals surface area contributed by atoms with Crippen molar-refractivity contribution < 1.29 is 4.39 Å². The normalized spacial score (nSPS) is 11.1. The highest BCUT2D eigenvalue weighted by atomic mass is 32.1. The van der Waals surface area contributed by atoms with Gasteiger partial charge in [-0.25, -0.2) is 9.37 Å². The molecule has 0 bridgehead atoms. The zero-order valence-electron chi connectivity index (χ0n) is 10.3. The maximum Gasteiger partial charge on any atom is 0.123 e. The van der Waals surface area contributed by atoms with Gasteiger partial charge in [-0.1, -0.05) is 32.9 Å². The topological polar surface area (TPSA) is 12.9 Å². The van der Waals surface area contributed by atoms with Crippen LogP contribution in [-0.4, -0.2) is 4.98 Å². The van der Waals surface area contributed by atoms with Crippen LogP contribution in [0.25, 0.3) is 10.4 Å². The Bertz CT molecular complexity index is 499. The third-order valence-corrected chi connectivity index (χ3v) is 3.92. The van der Waals surface area contributed by atoms with E-state index < -0.39 is 0 Å². The summed E-state index contributed by atoms with van der Waals surface area (Å²) in [5.41, 5.74) is 2.19. The molecule has 1 aromatic carbocycles. The highest BCUT2D eigenvalue weighted by Gasteiger charge is 2.14. The minimum atomic E-state index is -0.194. The first-order valence-corrected chi connectivity index (χ1v) is 6.69. The summed E-state index contributed by atoms with van der Waals surface area (Å²) in [5.74, 6) is 0.201. The van der Waals surface area contributed by atoms with E-state index in [9.17, 15) is 4.39 Å². The Hall–Kier alpha value is -1.22. The molecule has 0 unspecified atom stereocenters. The molecule has 1 aromatic heterocycles. The van der Waals surface area contributed by atoms with Gasteiger partial charge in [-0.15, -0.1) is 11.3 Å². The third kappa shape index (κ3) is 2.55. The van der Waals surface area contributed by atoms with Crippen molar-refractivity contribution in [2.45, 2.75) is 33.1 Å². The van der Waals surface area contributed by atoms with Crippen molar-refractivity contribution in [3.8, 4) is 10.4 Å². The Morgan fingerprint density at radius 3 is 2.41 bits per heavy atom. The molecular weight excluding hydrogens is 233 g/mol. The van der Waals surface area contributed by atoms with E-state index in [0.717, 1.165) is 22.7 Å². The molecule has 2 aromatic rings. The Morgan fingerprint density at radius 2 is 1.88 bits per heavy atom. The van der Waals surface area contributed by atoms with Gasteiger partial charge in [-0.2, -0.15) is 0 Å². The van der Waals surface area contributed by atoms with E-state index in [1.165, 1.54) is 17.0 Å². The first-order chi connectivity index (χ1) is 8.11. The van der Waals surface area contributed by atoms with Crippen LogP contribution in [0.4, 0.5) is 4.39 Å². The number of aromatic nitrogens is 1. The van der Waals surface area contributed by atoms with E-state index in [0.29, 0.717) is 5.92 Å². The molecule has 0 atom stereocenters. The van der Waals surface area contributed by atoms with E-state index in [1.807, 2.05) is 12.1 Å². The van der Waals surface area contributed by atoms with Gasteiger partial charge in [-0.05, 0) is 30.0 Å². The van der Waals surface area contributed by atoms with Gasteiger partial charge in [0.25, 0.3) is 0 Å². The fourth-order valence-corrected chi connectivity index (χ4v) is 2.89. The number of rotatable bonds is 3. The highest BCUT2D eigenvalue weighted by molar-refractivity contribution is 7.15. The fourth-order valence-electron chi connectivity index (χ4n) is 1.73. The molecule has 1 heterocycles. The SMILES string of the molecule is CCc1nc(C(C)C)c(-c2ccc(F)cc2)s1. The molecular formula is C14H16FNS. The van der Waals surface area contributed by atoms with Crippen LogP contribution in [0, 0.1) is 5.82 Å². The maximum atomic E-state index is 12.9. The molecule has 0 aliphatic heterocycles. The number of benzene rings is 1. The molecule has 0 saturated heterocycles. The lowest BCUT2D eigenvalue weighted by Gasteiger charge is -2.05. The van der Waals surface area contributed by atoms with Gasteiger partial charge >= 0.3 is 0 Å². The second-order valence-corrected chi connectivity index (χ2v) is 5.42. The predicted octanol–water partition coefficient (Wildman–Crippen LogP) is 4.64. The minimum absolute atomic E-state index is 0.194. The van der Waals surface area contributed by atoms with Gasteiger partial charge in [0.2, 0.25) is 0 Å². The Kier molecular flexibility index (Phi) is 3.57. The number of aryl methyl sites for hydroxylation is 1. The van der Waals surface area contributed by atoms with Crippen molar-refractivity contribution in [3.05, 3.63) is 40.8 Å². The maximum absolute atomic E-state index is 12.9. The molecule has 2 rings (SSSR count). The van der Waals surface area contributed by atoms with Crippen molar-refractivity contribution in [3.63, 3.8) is 0 Å². The van der Waals surface area contributed by atoms with Crippen LogP contribution in [0.1, 0.15) is 37.4 Å². The fraction of sp³-hybridized carbons (Fsp3) is 0.357. The zero-order chi connectivity index (χ0) is 12.4. The van der Waals surface area contributed by atoms with Crippen LogP contribution < -0.4 is 0 Å². The second-order valence-electron chi connectivity index (χ2n) is 4.34. The van der Waals surface area contributed by atoms with Crippen LogP contribution in [0.5, 0.6) is 0 Å². The molecule has 3 heteroatoms. The number of hydrogen-bond acceptors (Lipinski definition) is 2. The summed E-state index contributed by atoms with van der Waals surface area (Å²) in [4.78, 5) is 5.83. The molecule has 17 heavy (non-hydrogen) atoms. The molecule has 0 aliphatic carbocycles. The van der Waals surface area contributed by atoms with Crippen LogP contribution in [-0.2, 0) is 6.42 Å². The Labute approximate surface area is 105 Å². The lowest BCUT2D eigenvalue weighted by Crippen LogP contribution is -1.91. The van der Waals surface area contributed by atoms with E-state index >= 15 is 0 Å². The monoisotopic (exact) mass is 249 g/mol. The summed E-state index contributed by atoms with van der Waals surface area (Å²) in [6, 6.07) is 6.66. The highest BCUT2D eigenvalue weighted by Crippen LogP contribution is 2.34. The van der Waals surface area contributed by atoms with Crippen molar-refractivity contribution in [2.24, 2.45) is 0 Å².